The van der Waals surface area contributed by atoms with Crippen LogP contribution in [0, 0.1) is 0 Å². The third kappa shape index (κ3) is 4.84. The summed E-state index contributed by atoms with van der Waals surface area (Å²) >= 11 is 0.973. The third-order valence-electron chi connectivity index (χ3n) is 4.78. The van der Waals surface area contributed by atoms with Gasteiger partial charge in [0.25, 0.3) is 0 Å². The van der Waals surface area contributed by atoms with E-state index in [0.717, 1.165) is 37.1 Å². The maximum absolute atomic E-state index is 13.3. The Bertz CT molecular complexity index is 829. The molecule has 1 aromatic heterocycles. The van der Waals surface area contributed by atoms with Crippen molar-refractivity contribution in [3.63, 3.8) is 0 Å². The van der Waals surface area contributed by atoms with Crippen molar-refractivity contribution in [1.29, 1.82) is 0 Å². The normalized spacial score (nSPS) is 18.8. The van der Waals surface area contributed by atoms with Crippen LogP contribution >= 0.6 is 11.8 Å². The number of alkyl halides is 3. The molecular weight excluding hydrogens is 387 g/mol. The van der Waals surface area contributed by atoms with E-state index in [1.54, 1.807) is 37.3 Å². The Morgan fingerprint density at radius 2 is 1.93 bits per heavy atom. The Labute approximate surface area is 166 Å². The summed E-state index contributed by atoms with van der Waals surface area (Å²) in [6.07, 6.45) is -1.60. The van der Waals surface area contributed by atoms with Crippen molar-refractivity contribution in [2.24, 2.45) is 0 Å². The lowest BCUT2D eigenvalue weighted by Gasteiger charge is -2.35. The quantitative estimate of drug-likeness (QED) is 0.524. The van der Waals surface area contributed by atoms with Gasteiger partial charge in [0.05, 0.1) is 10.9 Å². The number of hydrogen-bond acceptors (Lipinski definition) is 4. The first-order valence-corrected chi connectivity index (χ1v) is 10.1. The van der Waals surface area contributed by atoms with Gasteiger partial charge in [-0.15, -0.1) is 0 Å². The molecule has 28 heavy (non-hydrogen) atoms. The minimum Gasteiger partial charge on any atom is -0.339 e. The zero-order valence-electron chi connectivity index (χ0n) is 15.7. The van der Waals surface area contributed by atoms with Gasteiger partial charge in [-0.05, 0) is 39.2 Å². The van der Waals surface area contributed by atoms with Gasteiger partial charge in [-0.1, -0.05) is 42.1 Å². The molecular formula is C20H22F3N3OS. The Balaban J connectivity index is 1.87. The molecule has 1 amide bonds. The third-order valence-corrected chi connectivity index (χ3v) is 5.73. The van der Waals surface area contributed by atoms with Crippen LogP contribution in [0.1, 0.15) is 38.8 Å². The van der Waals surface area contributed by atoms with Crippen LogP contribution in [0.15, 0.2) is 41.6 Å². The maximum atomic E-state index is 13.3. The van der Waals surface area contributed by atoms with Gasteiger partial charge < -0.3 is 4.90 Å². The van der Waals surface area contributed by atoms with Crippen LogP contribution in [-0.2, 0) is 11.0 Å². The fraction of sp³-hybridized carbons (Fsp3) is 0.450. The molecule has 2 aromatic rings. The molecule has 0 unspecified atom stereocenters. The SMILES string of the molecule is C[C@H](Sc1nc(-c2ccccc2)cc(C(F)(F)F)n1)C(=O)N1CCCC[C@@H]1C. The average Bonchev–Trinajstić information content (AvgIpc) is 2.67. The highest BCUT2D eigenvalue weighted by Gasteiger charge is 2.35. The number of amides is 1. The van der Waals surface area contributed by atoms with E-state index in [0.29, 0.717) is 12.1 Å². The zero-order chi connectivity index (χ0) is 20.3. The van der Waals surface area contributed by atoms with Crippen molar-refractivity contribution in [3.05, 3.63) is 42.1 Å². The second-order valence-corrected chi connectivity index (χ2v) is 8.23. The molecule has 0 N–H and O–H groups in total. The minimum absolute atomic E-state index is 0.0424. The van der Waals surface area contributed by atoms with Crippen LogP contribution in [-0.4, -0.2) is 38.6 Å². The van der Waals surface area contributed by atoms with Gasteiger partial charge in [-0.25, -0.2) is 9.97 Å². The molecule has 1 aromatic carbocycles. The molecule has 3 rings (SSSR count). The molecule has 1 aliphatic rings. The number of carbonyl (C=O) groups excluding carboxylic acids is 1. The largest absolute Gasteiger partial charge is 0.433 e. The molecule has 0 aliphatic carbocycles. The topological polar surface area (TPSA) is 46.1 Å². The number of likely N-dealkylation sites (tertiary alicyclic amines) is 1. The first-order valence-electron chi connectivity index (χ1n) is 9.24. The van der Waals surface area contributed by atoms with Crippen molar-refractivity contribution in [1.82, 2.24) is 14.9 Å². The fourth-order valence-electron chi connectivity index (χ4n) is 3.25. The number of hydrogen-bond donors (Lipinski definition) is 0. The number of aromatic nitrogens is 2. The van der Waals surface area contributed by atoms with E-state index in [2.05, 4.69) is 9.97 Å². The lowest BCUT2D eigenvalue weighted by molar-refractivity contribution is -0.141. The molecule has 0 radical (unpaired) electrons. The first-order chi connectivity index (χ1) is 13.3. The van der Waals surface area contributed by atoms with Crippen molar-refractivity contribution >= 4 is 17.7 Å². The molecule has 2 atom stereocenters. The summed E-state index contributed by atoms with van der Waals surface area (Å²) in [6, 6.07) is 9.74. The van der Waals surface area contributed by atoms with Crippen molar-refractivity contribution in [3.8, 4) is 11.3 Å². The maximum Gasteiger partial charge on any atom is 0.433 e. The highest BCUT2D eigenvalue weighted by Crippen LogP contribution is 2.33. The number of rotatable bonds is 4. The summed E-state index contributed by atoms with van der Waals surface area (Å²) in [5, 5.41) is -0.605. The van der Waals surface area contributed by atoms with Gasteiger partial charge in [0.15, 0.2) is 5.16 Å². The number of piperidine rings is 1. The minimum atomic E-state index is -4.59. The Morgan fingerprint density at radius 1 is 1.21 bits per heavy atom. The van der Waals surface area contributed by atoms with Crippen molar-refractivity contribution in [2.45, 2.75) is 55.7 Å². The van der Waals surface area contributed by atoms with Crippen LogP contribution in [0.3, 0.4) is 0 Å². The Kier molecular flexibility index (Phi) is 6.27. The predicted octanol–water partition coefficient (Wildman–Crippen LogP) is 5.04. The van der Waals surface area contributed by atoms with Crippen LogP contribution in [0.4, 0.5) is 13.2 Å². The van der Waals surface area contributed by atoms with Gasteiger partial charge in [0.2, 0.25) is 5.91 Å². The number of nitrogens with zero attached hydrogens (tertiary/aromatic N) is 3. The molecule has 1 saturated heterocycles. The lowest BCUT2D eigenvalue weighted by atomic mass is 10.0. The van der Waals surface area contributed by atoms with E-state index >= 15 is 0 Å². The predicted molar refractivity (Wildman–Crippen MR) is 103 cm³/mol. The second-order valence-electron chi connectivity index (χ2n) is 6.92. The molecule has 0 saturated carbocycles. The van der Waals surface area contributed by atoms with Gasteiger partial charge in [0.1, 0.15) is 5.69 Å². The molecule has 150 valence electrons. The van der Waals surface area contributed by atoms with Gasteiger partial charge >= 0.3 is 6.18 Å². The van der Waals surface area contributed by atoms with E-state index in [4.69, 9.17) is 0 Å². The molecule has 0 bridgehead atoms. The number of benzene rings is 1. The van der Waals surface area contributed by atoms with Crippen LogP contribution < -0.4 is 0 Å². The highest BCUT2D eigenvalue weighted by atomic mass is 32.2. The highest BCUT2D eigenvalue weighted by molar-refractivity contribution is 8.00. The molecule has 0 spiro atoms. The Morgan fingerprint density at radius 3 is 2.57 bits per heavy atom. The second kappa shape index (κ2) is 8.51. The summed E-state index contributed by atoms with van der Waals surface area (Å²) in [5.41, 5.74) is -0.243. The standard InChI is InChI=1S/C20H22F3N3OS/c1-13-8-6-7-11-26(13)18(27)14(2)28-19-24-16(15-9-4-3-5-10-15)12-17(25-19)20(21,22)23/h3-5,9-10,12-14H,6-8,11H2,1-2H3/t13-,14-/m0/s1. The summed E-state index contributed by atoms with van der Waals surface area (Å²) in [5.74, 6) is -0.0838. The molecule has 1 aliphatic heterocycles. The van der Waals surface area contributed by atoms with Gasteiger partial charge in [-0.2, -0.15) is 13.2 Å². The van der Waals surface area contributed by atoms with E-state index in [1.165, 1.54) is 0 Å². The van der Waals surface area contributed by atoms with E-state index in [9.17, 15) is 18.0 Å². The molecule has 2 heterocycles. The summed E-state index contributed by atoms with van der Waals surface area (Å²) in [4.78, 5) is 22.5. The summed E-state index contributed by atoms with van der Waals surface area (Å²) in [7, 11) is 0. The monoisotopic (exact) mass is 409 g/mol. The summed E-state index contributed by atoms with van der Waals surface area (Å²) < 4.78 is 40.0. The molecule has 4 nitrogen and oxygen atoms in total. The number of halogens is 3. The molecule has 1 fully saturated rings. The Hall–Kier alpha value is -2.09. The fourth-order valence-corrected chi connectivity index (χ4v) is 4.10. The van der Waals surface area contributed by atoms with E-state index in [-0.39, 0.29) is 22.8 Å². The summed E-state index contributed by atoms with van der Waals surface area (Å²) in [6.45, 7) is 4.38. The number of carbonyl (C=O) groups is 1. The van der Waals surface area contributed by atoms with Crippen LogP contribution in [0.2, 0.25) is 0 Å². The van der Waals surface area contributed by atoms with E-state index in [1.807, 2.05) is 11.8 Å². The lowest BCUT2D eigenvalue weighted by Crippen LogP contribution is -2.45. The zero-order valence-corrected chi connectivity index (χ0v) is 16.6. The molecule has 8 heteroatoms. The number of thioether (sulfide) groups is 1. The van der Waals surface area contributed by atoms with Crippen molar-refractivity contribution < 1.29 is 18.0 Å². The van der Waals surface area contributed by atoms with E-state index < -0.39 is 17.1 Å². The first kappa shape index (κ1) is 20.6. The van der Waals surface area contributed by atoms with Gasteiger partial charge in [-0.3, -0.25) is 4.79 Å². The van der Waals surface area contributed by atoms with Crippen molar-refractivity contribution in [2.75, 3.05) is 6.54 Å². The average molecular weight is 409 g/mol. The van der Waals surface area contributed by atoms with Gasteiger partial charge in [0, 0.05) is 18.2 Å². The van der Waals surface area contributed by atoms with Crippen LogP contribution in [0.25, 0.3) is 11.3 Å². The van der Waals surface area contributed by atoms with Crippen LogP contribution in [0.5, 0.6) is 0 Å². The smallest absolute Gasteiger partial charge is 0.339 e.